The highest BCUT2D eigenvalue weighted by atomic mass is 16.4. The van der Waals surface area contributed by atoms with E-state index in [1.165, 1.54) is 0 Å². The molecule has 5 heteroatoms. The monoisotopic (exact) mass is 263 g/mol. The van der Waals surface area contributed by atoms with Crippen LogP contribution in [0, 0.1) is 0 Å². The molecule has 1 heterocycles. The van der Waals surface area contributed by atoms with Crippen LogP contribution in [-0.2, 0) is 0 Å². The molecule has 19 heavy (non-hydrogen) atoms. The first-order chi connectivity index (χ1) is 8.99. The van der Waals surface area contributed by atoms with E-state index in [2.05, 4.69) is 9.80 Å². The molecule has 1 aromatic carbocycles. The van der Waals surface area contributed by atoms with Gasteiger partial charge in [-0.3, -0.25) is 0 Å². The molecule has 2 rings (SSSR count). The zero-order valence-corrected chi connectivity index (χ0v) is 11.5. The van der Waals surface area contributed by atoms with Crippen LogP contribution in [-0.4, -0.2) is 49.2 Å². The van der Waals surface area contributed by atoms with E-state index in [4.69, 9.17) is 5.73 Å². The SMILES string of the molecule is CN(C)CC1CCCN1c1ccc(N)cc1C(=O)O. The Bertz CT molecular complexity index is 474. The van der Waals surface area contributed by atoms with Crippen LogP contribution in [0.25, 0.3) is 0 Å². The number of carboxylic acid groups (broad SMARTS) is 1. The van der Waals surface area contributed by atoms with Crippen molar-refractivity contribution in [2.45, 2.75) is 18.9 Å². The highest BCUT2D eigenvalue weighted by Crippen LogP contribution is 2.30. The maximum atomic E-state index is 11.4. The van der Waals surface area contributed by atoms with Crippen LogP contribution in [0.1, 0.15) is 23.2 Å². The number of hydrogen-bond donors (Lipinski definition) is 2. The number of rotatable bonds is 4. The largest absolute Gasteiger partial charge is 0.478 e. The highest BCUT2D eigenvalue weighted by molar-refractivity contribution is 5.95. The lowest BCUT2D eigenvalue weighted by molar-refractivity contribution is 0.0697. The molecule has 104 valence electrons. The van der Waals surface area contributed by atoms with Gasteiger partial charge in [0.15, 0.2) is 0 Å². The Morgan fingerprint density at radius 2 is 2.26 bits per heavy atom. The summed E-state index contributed by atoms with van der Waals surface area (Å²) in [5.41, 5.74) is 7.26. The van der Waals surface area contributed by atoms with E-state index in [9.17, 15) is 9.90 Å². The predicted molar refractivity (Wildman–Crippen MR) is 76.7 cm³/mol. The molecule has 1 aliphatic rings. The number of nitrogens with two attached hydrogens (primary N) is 1. The van der Waals surface area contributed by atoms with E-state index < -0.39 is 5.97 Å². The lowest BCUT2D eigenvalue weighted by atomic mass is 10.1. The molecular weight excluding hydrogens is 242 g/mol. The lowest BCUT2D eigenvalue weighted by Gasteiger charge is -2.30. The summed E-state index contributed by atoms with van der Waals surface area (Å²) in [4.78, 5) is 15.7. The van der Waals surface area contributed by atoms with Gasteiger partial charge in [-0.1, -0.05) is 0 Å². The van der Waals surface area contributed by atoms with Crippen molar-refractivity contribution in [1.82, 2.24) is 4.90 Å². The summed E-state index contributed by atoms with van der Waals surface area (Å²) in [6.45, 7) is 1.84. The fraction of sp³-hybridized carbons (Fsp3) is 0.500. The fourth-order valence-electron chi connectivity index (χ4n) is 2.74. The second-order valence-electron chi connectivity index (χ2n) is 5.33. The van der Waals surface area contributed by atoms with Crippen LogP contribution in [0.2, 0.25) is 0 Å². The summed E-state index contributed by atoms with van der Waals surface area (Å²) in [7, 11) is 4.08. The number of likely N-dealkylation sites (N-methyl/N-ethyl adjacent to an activating group) is 1. The third-order valence-electron chi connectivity index (χ3n) is 3.51. The molecule has 1 atom stereocenters. The molecule has 1 unspecified atom stereocenters. The quantitative estimate of drug-likeness (QED) is 0.806. The Morgan fingerprint density at radius 3 is 2.89 bits per heavy atom. The van der Waals surface area contributed by atoms with Gasteiger partial charge in [0.2, 0.25) is 0 Å². The van der Waals surface area contributed by atoms with E-state index in [-0.39, 0.29) is 0 Å². The molecular formula is C14H21N3O2. The Balaban J connectivity index is 2.32. The van der Waals surface area contributed by atoms with Gasteiger partial charge in [-0.2, -0.15) is 0 Å². The van der Waals surface area contributed by atoms with Crippen LogP contribution < -0.4 is 10.6 Å². The number of carboxylic acids is 1. The Hall–Kier alpha value is -1.75. The maximum Gasteiger partial charge on any atom is 0.337 e. The molecule has 1 saturated heterocycles. The van der Waals surface area contributed by atoms with Crippen LogP contribution >= 0.6 is 0 Å². The molecule has 0 bridgehead atoms. The number of hydrogen-bond acceptors (Lipinski definition) is 4. The third-order valence-corrected chi connectivity index (χ3v) is 3.51. The van der Waals surface area contributed by atoms with Crippen LogP contribution in [0.3, 0.4) is 0 Å². The van der Waals surface area contributed by atoms with Gasteiger partial charge < -0.3 is 20.6 Å². The lowest BCUT2D eigenvalue weighted by Crippen LogP contribution is -2.38. The fourth-order valence-corrected chi connectivity index (χ4v) is 2.74. The predicted octanol–water partition coefficient (Wildman–Crippen LogP) is 1.50. The average Bonchev–Trinajstić information content (AvgIpc) is 2.76. The number of nitrogen functional groups attached to an aromatic ring is 1. The zero-order valence-electron chi connectivity index (χ0n) is 11.5. The number of benzene rings is 1. The summed E-state index contributed by atoms with van der Waals surface area (Å²) >= 11 is 0. The van der Waals surface area contributed by atoms with Crippen molar-refractivity contribution in [3.05, 3.63) is 23.8 Å². The zero-order chi connectivity index (χ0) is 14.0. The number of nitrogens with zero attached hydrogens (tertiary/aromatic N) is 2. The molecule has 5 nitrogen and oxygen atoms in total. The molecule has 1 aliphatic heterocycles. The van der Waals surface area contributed by atoms with Gasteiger partial charge in [0.1, 0.15) is 0 Å². The van der Waals surface area contributed by atoms with Crippen molar-refractivity contribution in [2.24, 2.45) is 0 Å². The molecule has 0 saturated carbocycles. The molecule has 0 spiro atoms. The molecule has 0 aliphatic carbocycles. The van der Waals surface area contributed by atoms with E-state index >= 15 is 0 Å². The maximum absolute atomic E-state index is 11.4. The molecule has 0 amide bonds. The van der Waals surface area contributed by atoms with Crippen LogP contribution in [0.5, 0.6) is 0 Å². The van der Waals surface area contributed by atoms with Gasteiger partial charge in [0.05, 0.1) is 11.3 Å². The minimum atomic E-state index is -0.919. The van der Waals surface area contributed by atoms with Crippen molar-refractivity contribution < 1.29 is 9.90 Å². The average molecular weight is 263 g/mol. The van der Waals surface area contributed by atoms with Gasteiger partial charge in [0, 0.05) is 24.8 Å². The number of anilines is 2. The van der Waals surface area contributed by atoms with E-state index in [1.807, 2.05) is 20.2 Å². The second-order valence-corrected chi connectivity index (χ2v) is 5.33. The summed E-state index contributed by atoms with van der Waals surface area (Å²) in [5, 5.41) is 9.33. The minimum Gasteiger partial charge on any atom is -0.478 e. The van der Waals surface area contributed by atoms with Gasteiger partial charge in [-0.05, 0) is 45.1 Å². The van der Waals surface area contributed by atoms with Gasteiger partial charge in [-0.25, -0.2) is 4.79 Å². The van der Waals surface area contributed by atoms with Gasteiger partial charge in [-0.15, -0.1) is 0 Å². The standard InChI is InChI=1S/C14H21N3O2/c1-16(2)9-11-4-3-7-17(11)13-6-5-10(15)8-12(13)14(18)19/h5-6,8,11H,3-4,7,9,15H2,1-2H3,(H,18,19). The Labute approximate surface area is 113 Å². The van der Waals surface area contributed by atoms with E-state index in [0.717, 1.165) is 31.6 Å². The Morgan fingerprint density at radius 1 is 1.53 bits per heavy atom. The summed E-state index contributed by atoms with van der Waals surface area (Å²) in [5.74, 6) is -0.919. The summed E-state index contributed by atoms with van der Waals surface area (Å²) in [6, 6.07) is 5.51. The van der Waals surface area contributed by atoms with Crippen LogP contribution in [0.4, 0.5) is 11.4 Å². The smallest absolute Gasteiger partial charge is 0.337 e. The topological polar surface area (TPSA) is 69.8 Å². The third kappa shape index (κ3) is 2.98. The number of aromatic carboxylic acids is 1. The summed E-state index contributed by atoms with van der Waals surface area (Å²) in [6.07, 6.45) is 2.20. The van der Waals surface area contributed by atoms with Gasteiger partial charge >= 0.3 is 5.97 Å². The van der Waals surface area contributed by atoms with Crippen LogP contribution in [0.15, 0.2) is 18.2 Å². The Kier molecular flexibility index (Phi) is 3.95. The second kappa shape index (κ2) is 5.48. The molecule has 1 fully saturated rings. The summed E-state index contributed by atoms with van der Waals surface area (Å²) < 4.78 is 0. The van der Waals surface area contributed by atoms with Gasteiger partial charge in [0.25, 0.3) is 0 Å². The molecule has 1 aromatic rings. The van der Waals surface area contributed by atoms with Crippen molar-refractivity contribution >= 4 is 17.3 Å². The minimum absolute atomic E-state index is 0.297. The van der Waals surface area contributed by atoms with E-state index in [1.54, 1.807) is 12.1 Å². The van der Waals surface area contributed by atoms with Crippen molar-refractivity contribution in [3.8, 4) is 0 Å². The van der Waals surface area contributed by atoms with Crippen molar-refractivity contribution in [2.75, 3.05) is 37.8 Å². The normalized spacial score (nSPS) is 19.1. The molecule has 3 N–H and O–H groups in total. The molecule has 0 aromatic heterocycles. The highest BCUT2D eigenvalue weighted by Gasteiger charge is 2.28. The van der Waals surface area contributed by atoms with Crippen molar-refractivity contribution in [1.29, 1.82) is 0 Å². The van der Waals surface area contributed by atoms with E-state index in [0.29, 0.717) is 17.3 Å². The number of carbonyl (C=O) groups is 1. The van der Waals surface area contributed by atoms with Crippen molar-refractivity contribution in [3.63, 3.8) is 0 Å². The first-order valence-electron chi connectivity index (χ1n) is 6.53. The first kappa shape index (κ1) is 13.7. The first-order valence-corrected chi connectivity index (χ1v) is 6.53. The molecule has 0 radical (unpaired) electrons.